The van der Waals surface area contributed by atoms with Crippen molar-refractivity contribution in [3.8, 4) is 0 Å². The molecule has 0 radical (unpaired) electrons. The summed E-state index contributed by atoms with van der Waals surface area (Å²) >= 11 is 0. The number of ether oxygens (including phenoxy) is 2. The lowest BCUT2D eigenvalue weighted by Crippen LogP contribution is -2.50. The summed E-state index contributed by atoms with van der Waals surface area (Å²) in [5.41, 5.74) is 5.00. The lowest BCUT2D eigenvalue weighted by Gasteiger charge is -2.39. The van der Waals surface area contributed by atoms with E-state index in [2.05, 4.69) is 45.8 Å². The van der Waals surface area contributed by atoms with Gasteiger partial charge in [-0.3, -0.25) is 9.36 Å². The SMILES string of the molecule is CCCCCCCCCCCCCC(=O)OC[C@H]1O[C@@H](n2ccc(N)nc2=O)[C@@H](O)[C@@H]1O[Si](C)(C)C(C)(C)C. The van der Waals surface area contributed by atoms with Gasteiger partial charge in [-0.25, -0.2) is 4.79 Å². The van der Waals surface area contributed by atoms with E-state index in [1.165, 1.54) is 68.2 Å². The third kappa shape index (κ3) is 10.6. The van der Waals surface area contributed by atoms with Gasteiger partial charge in [-0.1, -0.05) is 91.9 Å². The molecular formula is C29H53N3O6Si. The van der Waals surface area contributed by atoms with Crippen LogP contribution in [-0.2, 0) is 18.7 Å². The number of unbranched alkanes of at least 4 members (excludes halogenated alkanes) is 10. The second-order valence-electron chi connectivity index (χ2n) is 12.4. The molecule has 0 amide bonds. The fourth-order valence-corrected chi connectivity index (χ4v) is 5.87. The maximum absolute atomic E-state index is 12.5. The minimum absolute atomic E-state index is 0.0547. The van der Waals surface area contributed by atoms with Gasteiger partial charge < -0.3 is 24.7 Å². The Bertz CT molecular complexity index is 932. The highest BCUT2D eigenvalue weighted by Gasteiger charge is 2.50. The lowest BCUT2D eigenvalue weighted by molar-refractivity contribution is -0.150. The number of anilines is 1. The Kier molecular flexibility index (Phi) is 13.6. The highest BCUT2D eigenvalue weighted by molar-refractivity contribution is 6.74. The summed E-state index contributed by atoms with van der Waals surface area (Å²) in [6.07, 6.45) is 11.5. The topological polar surface area (TPSA) is 126 Å². The first-order valence-electron chi connectivity index (χ1n) is 14.9. The molecule has 1 saturated heterocycles. The summed E-state index contributed by atoms with van der Waals surface area (Å²) in [7, 11) is -2.32. The van der Waals surface area contributed by atoms with Crippen molar-refractivity contribution in [3.05, 3.63) is 22.7 Å². The molecule has 0 bridgehead atoms. The first-order valence-corrected chi connectivity index (χ1v) is 17.8. The highest BCUT2D eigenvalue weighted by Crippen LogP contribution is 2.41. The predicted molar refractivity (Wildman–Crippen MR) is 157 cm³/mol. The van der Waals surface area contributed by atoms with Crippen molar-refractivity contribution in [3.63, 3.8) is 0 Å². The number of esters is 1. The quantitative estimate of drug-likeness (QED) is 0.139. The molecule has 10 heteroatoms. The van der Waals surface area contributed by atoms with E-state index in [9.17, 15) is 14.7 Å². The summed E-state index contributed by atoms with van der Waals surface area (Å²) in [6.45, 7) is 12.7. The molecule has 1 fully saturated rings. The number of carbonyl (C=O) groups is 1. The van der Waals surface area contributed by atoms with Gasteiger partial charge >= 0.3 is 11.7 Å². The van der Waals surface area contributed by atoms with Gasteiger partial charge in [0.25, 0.3) is 0 Å². The van der Waals surface area contributed by atoms with Crippen LogP contribution < -0.4 is 11.4 Å². The third-order valence-corrected chi connectivity index (χ3v) is 12.5. The van der Waals surface area contributed by atoms with E-state index in [-0.39, 0.29) is 23.4 Å². The standard InChI is InChI=1S/C29H53N3O6Si/c1-7-8-9-10-11-12-13-14-15-16-17-18-24(33)36-21-22-26(38-39(5,6)29(2,3)4)25(34)27(37-22)32-20-19-23(30)31-28(32)35/h19-20,22,25-27,34H,7-18,21H2,1-6H3,(H2,30,31,35)/t22-,25+,26-,27-/m1/s1. The van der Waals surface area contributed by atoms with E-state index in [0.29, 0.717) is 6.42 Å². The van der Waals surface area contributed by atoms with Crippen molar-refractivity contribution >= 4 is 20.1 Å². The average Bonchev–Trinajstić information content (AvgIpc) is 3.15. The minimum atomic E-state index is -2.32. The molecule has 0 unspecified atom stereocenters. The zero-order chi connectivity index (χ0) is 29.1. The predicted octanol–water partition coefficient (Wildman–Crippen LogP) is 5.72. The van der Waals surface area contributed by atoms with E-state index in [1.807, 2.05) is 0 Å². The molecule has 1 aromatic rings. The molecule has 1 aliphatic heterocycles. The van der Waals surface area contributed by atoms with Crippen LogP contribution in [0.3, 0.4) is 0 Å². The third-order valence-electron chi connectivity index (χ3n) is 8.07. The molecule has 2 heterocycles. The van der Waals surface area contributed by atoms with Crippen molar-refractivity contribution in [2.24, 2.45) is 0 Å². The number of hydrogen-bond donors (Lipinski definition) is 2. The second-order valence-corrected chi connectivity index (χ2v) is 17.2. The summed E-state index contributed by atoms with van der Waals surface area (Å²) in [5, 5.41) is 11.1. The van der Waals surface area contributed by atoms with Crippen molar-refractivity contribution in [2.75, 3.05) is 12.3 Å². The van der Waals surface area contributed by atoms with Crippen LogP contribution >= 0.6 is 0 Å². The van der Waals surface area contributed by atoms with Crippen LogP contribution in [0.2, 0.25) is 18.1 Å². The van der Waals surface area contributed by atoms with E-state index in [1.54, 1.807) is 0 Å². The van der Waals surface area contributed by atoms with Crippen LogP contribution in [0.25, 0.3) is 0 Å². The zero-order valence-corrected chi connectivity index (χ0v) is 26.1. The smallest absolute Gasteiger partial charge is 0.351 e. The van der Waals surface area contributed by atoms with Crippen molar-refractivity contribution in [2.45, 2.75) is 147 Å². The Morgan fingerprint density at radius 3 is 2.18 bits per heavy atom. The van der Waals surface area contributed by atoms with Gasteiger partial charge in [-0.05, 0) is 30.6 Å². The number of aliphatic hydroxyl groups excluding tert-OH is 1. The van der Waals surface area contributed by atoms with Gasteiger partial charge in [-0.2, -0.15) is 4.98 Å². The summed E-state index contributed by atoms with van der Waals surface area (Å²) < 4.78 is 19.4. The summed E-state index contributed by atoms with van der Waals surface area (Å²) in [6, 6.07) is 1.47. The van der Waals surface area contributed by atoms with Gasteiger partial charge in [0, 0.05) is 12.6 Å². The largest absolute Gasteiger partial charge is 0.463 e. The van der Waals surface area contributed by atoms with E-state index < -0.39 is 38.5 Å². The lowest BCUT2D eigenvalue weighted by atomic mass is 10.1. The first-order chi connectivity index (χ1) is 18.4. The molecule has 9 nitrogen and oxygen atoms in total. The molecule has 3 N–H and O–H groups in total. The molecule has 0 aliphatic carbocycles. The number of aliphatic hydroxyl groups is 1. The van der Waals surface area contributed by atoms with Gasteiger partial charge in [0.2, 0.25) is 0 Å². The van der Waals surface area contributed by atoms with Crippen LogP contribution in [0.15, 0.2) is 17.1 Å². The van der Waals surface area contributed by atoms with Crippen molar-refractivity contribution in [1.29, 1.82) is 0 Å². The van der Waals surface area contributed by atoms with Gasteiger partial charge in [0.15, 0.2) is 14.5 Å². The molecule has 1 aliphatic rings. The van der Waals surface area contributed by atoms with Crippen molar-refractivity contribution in [1.82, 2.24) is 9.55 Å². The highest BCUT2D eigenvalue weighted by atomic mass is 28.4. The number of nitrogens with zero attached hydrogens (tertiary/aromatic N) is 2. The average molecular weight is 568 g/mol. The zero-order valence-electron chi connectivity index (χ0n) is 25.1. The van der Waals surface area contributed by atoms with Gasteiger partial charge in [0.1, 0.15) is 30.7 Å². The second kappa shape index (κ2) is 15.9. The van der Waals surface area contributed by atoms with Gasteiger partial charge in [0.05, 0.1) is 0 Å². The van der Waals surface area contributed by atoms with Crippen LogP contribution in [0.1, 0.15) is 111 Å². The monoisotopic (exact) mass is 567 g/mol. The summed E-state index contributed by atoms with van der Waals surface area (Å²) in [4.78, 5) is 28.7. The molecule has 2 rings (SSSR count). The summed E-state index contributed by atoms with van der Waals surface area (Å²) in [5.74, 6) is -0.199. The number of nitrogen functional groups attached to an aromatic ring is 1. The first kappa shape index (κ1) is 33.5. The Labute approximate surface area is 236 Å². The normalized spacial score (nSPS) is 21.8. The molecule has 39 heavy (non-hydrogen) atoms. The number of nitrogens with two attached hydrogens (primary N) is 1. The molecule has 4 atom stereocenters. The molecular weight excluding hydrogens is 514 g/mol. The number of aromatic nitrogens is 2. The number of hydrogen-bond acceptors (Lipinski definition) is 8. The van der Waals surface area contributed by atoms with Crippen LogP contribution in [-0.4, -0.2) is 53.9 Å². The maximum Gasteiger partial charge on any atom is 0.351 e. The Hall–Kier alpha value is -1.75. The fourth-order valence-electron chi connectivity index (χ4n) is 4.55. The molecule has 0 aromatic carbocycles. The van der Waals surface area contributed by atoms with Gasteiger partial charge in [-0.15, -0.1) is 0 Å². The van der Waals surface area contributed by atoms with E-state index in [0.717, 1.165) is 19.3 Å². The Morgan fingerprint density at radius 1 is 1.08 bits per heavy atom. The van der Waals surface area contributed by atoms with Crippen molar-refractivity contribution < 1.29 is 23.8 Å². The number of carbonyl (C=O) groups excluding carboxylic acids is 1. The molecule has 224 valence electrons. The molecule has 0 spiro atoms. The molecule has 0 saturated carbocycles. The Balaban J connectivity index is 1.86. The van der Waals surface area contributed by atoms with E-state index >= 15 is 0 Å². The number of rotatable bonds is 17. The minimum Gasteiger partial charge on any atom is -0.463 e. The van der Waals surface area contributed by atoms with E-state index in [4.69, 9.17) is 19.6 Å². The van der Waals surface area contributed by atoms with Crippen LogP contribution in [0.4, 0.5) is 5.82 Å². The molecule has 1 aromatic heterocycles. The van der Waals surface area contributed by atoms with Crippen LogP contribution in [0, 0.1) is 0 Å². The maximum atomic E-state index is 12.5. The Morgan fingerprint density at radius 2 is 1.64 bits per heavy atom. The fraction of sp³-hybridized carbons (Fsp3) is 0.828. The van der Waals surface area contributed by atoms with Crippen LogP contribution in [0.5, 0.6) is 0 Å².